The van der Waals surface area contributed by atoms with Crippen LogP contribution in [0.2, 0.25) is 0 Å². The summed E-state index contributed by atoms with van der Waals surface area (Å²) in [5.41, 5.74) is 6.83. The first kappa shape index (κ1) is 45.8. The topological polar surface area (TPSA) is 165 Å². The van der Waals surface area contributed by atoms with Gasteiger partial charge >= 0.3 is 5.69 Å². The van der Waals surface area contributed by atoms with Crippen molar-refractivity contribution in [1.29, 1.82) is 0 Å². The van der Waals surface area contributed by atoms with Crippen LogP contribution in [-0.2, 0) is 52.7 Å². The summed E-state index contributed by atoms with van der Waals surface area (Å²) in [4.78, 5) is 69.5. The van der Waals surface area contributed by atoms with Crippen LogP contribution in [-0.4, -0.2) is 94.8 Å². The van der Waals surface area contributed by atoms with Gasteiger partial charge in [-0.2, -0.15) is 10.2 Å². The van der Waals surface area contributed by atoms with E-state index in [9.17, 15) is 32.8 Å². The van der Waals surface area contributed by atoms with Crippen LogP contribution in [0.4, 0.5) is 26.0 Å². The van der Waals surface area contributed by atoms with Crippen molar-refractivity contribution in [1.82, 2.24) is 43.8 Å². The molecule has 18 heteroatoms. The number of unbranched alkanes of at least 4 members (excludes halogenated alkanes) is 5. The number of aromatic nitrogens is 6. The van der Waals surface area contributed by atoms with Gasteiger partial charge in [-0.25, -0.2) is 13.6 Å². The summed E-state index contributed by atoms with van der Waals surface area (Å²) < 4.78 is 36.2. The number of aryl methyl sites for hydroxylation is 3. The van der Waals surface area contributed by atoms with Crippen molar-refractivity contribution >= 4 is 51.9 Å². The molecule has 1 atom stereocenters. The minimum absolute atomic E-state index is 0.00664. The van der Waals surface area contributed by atoms with E-state index in [1.807, 2.05) is 34.1 Å². The minimum Gasteiger partial charge on any atom is -0.383 e. The first-order valence-corrected chi connectivity index (χ1v) is 24.0. The largest absolute Gasteiger partial charge is 0.383 e. The number of likely N-dealkylation sites (tertiary alicyclic amines) is 1. The van der Waals surface area contributed by atoms with E-state index in [1.54, 1.807) is 48.7 Å². The number of carbonyl (C=O) groups excluding carboxylic acids is 4. The molecule has 0 radical (unpaired) electrons. The van der Waals surface area contributed by atoms with E-state index < -0.39 is 18.4 Å². The lowest BCUT2D eigenvalue weighted by atomic mass is 9.92. The molecule has 16 nitrogen and oxygen atoms in total. The zero-order valence-electron chi connectivity index (χ0n) is 38.7. The summed E-state index contributed by atoms with van der Waals surface area (Å²) in [6.07, 6.45) is 11.4. The van der Waals surface area contributed by atoms with E-state index in [0.29, 0.717) is 68.6 Å². The fourth-order valence-electron chi connectivity index (χ4n) is 10.7. The van der Waals surface area contributed by atoms with Crippen LogP contribution in [0.1, 0.15) is 125 Å². The second-order valence-electron chi connectivity index (χ2n) is 18.7. The summed E-state index contributed by atoms with van der Waals surface area (Å²) in [7, 11) is 3.48. The highest BCUT2D eigenvalue weighted by Gasteiger charge is 2.36. The number of amides is 4. The maximum Gasteiger partial charge on any atom is 0.329 e. The molecule has 2 saturated heterocycles. The molecule has 4 amide bonds. The number of imidazole rings is 1. The molecule has 5 aromatic rings. The van der Waals surface area contributed by atoms with E-state index >= 15 is 0 Å². The van der Waals surface area contributed by atoms with Gasteiger partial charge in [0.05, 0.1) is 35.5 Å². The minimum atomic E-state index is -2.68. The Balaban J connectivity index is 0.763. The maximum absolute atomic E-state index is 14.7. The fraction of sp³-hybridized carbons (Fsp3) is 0.531. The summed E-state index contributed by atoms with van der Waals surface area (Å²) in [6, 6.07) is 8.52. The zero-order valence-corrected chi connectivity index (χ0v) is 38.7. The molecule has 3 aromatic heterocycles. The van der Waals surface area contributed by atoms with Crippen LogP contribution in [0.5, 0.6) is 0 Å². The van der Waals surface area contributed by atoms with Crippen molar-refractivity contribution < 1.29 is 28.0 Å². The first-order chi connectivity index (χ1) is 32.4. The molecule has 0 saturated carbocycles. The number of nitrogens with one attached hydrogen (secondary N) is 2. The van der Waals surface area contributed by atoms with Gasteiger partial charge in [-0.05, 0) is 80.3 Å². The highest BCUT2D eigenvalue weighted by molar-refractivity contribution is 6.00. The molecule has 0 bridgehead atoms. The molecule has 4 aliphatic heterocycles. The van der Waals surface area contributed by atoms with Gasteiger partial charge in [0, 0.05) is 107 Å². The predicted octanol–water partition coefficient (Wildman–Crippen LogP) is 6.85. The lowest BCUT2D eigenvalue weighted by Crippen LogP contribution is -2.44. The van der Waals surface area contributed by atoms with Crippen LogP contribution in [0, 0.1) is 0 Å². The van der Waals surface area contributed by atoms with E-state index in [0.717, 1.165) is 110 Å². The Labute approximate surface area is 388 Å². The molecule has 4 aliphatic rings. The van der Waals surface area contributed by atoms with Crippen LogP contribution >= 0.6 is 0 Å². The summed E-state index contributed by atoms with van der Waals surface area (Å²) in [6.45, 7) is 5.23. The van der Waals surface area contributed by atoms with Crippen LogP contribution in [0.3, 0.4) is 0 Å². The average molecular weight is 922 g/mol. The van der Waals surface area contributed by atoms with Gasteiger partial charge in [0.1, 0.15) is 6.04 Å². The quantitative estimate of drug-likeness (QED) is 0.0845. The Kier molecular flexibility index (Phi) is 13.3. The lowest BCUT2D eigenvalue weighted by Gasteiger charge is -2.34. The molecule has 0 aliphatic carbocycles. The van der Waals surface area contributed by atoms with Gasteiger partial charge in [-0.3, -0.25) is 43.0 Å². The van der Waals surface area contributed by atoms with Crippen molar-refractivity contribution in [3.8, 4) is 11.1 Å². The fourth-order valence-corrected chi connectivity index (χ4v) is 10.7. The Bertz CT molecular complexity index is 2750. The van der Waals surface area contributed by atoms with Crippen molar-refractivity contribution in [2.24, 2.45) is 14.1 Å². The number of para-hydroxylation sites is 1. The highest BCUT2D eigenvalue weighted by atomic mass is 19.3. The number of halogens is 2. The zero-order chi connectivity index (χ0) is 46.9. The molecule has 67 heavy (non-hydrogen) atoms. The number of fused-ring (bicyclic) bond motifs is 3. The summed E-state index contributed by atoms with van der Waals surface area (Å²) in [5.74, 6) is 0.141. The van der Waals surface area contributed by atoms with Crippen molar-refractivity contribution in [2.75, 3.05) is 42.9 Å². The molecule has 356 valence electrons. The van der Waals surface area contributed by atoms with Crippen molar-refractivity contribution in [3.63, 3.8) is 0 Å². The molecular weight excluding hydrogens is 861 g/mol. The molecule has 2 N–H and O–H groups in total. The van der Waals surface area contributed by atoms with Gasteiger partial charge in [0.15, 0.2) is 5.82 Å². The molecular formula is C49H61F2N11O5. The maximum atomic E-state index is 14.7. The first-order valence-electron chi connectivity index (χ1n) is 24.0. The van der Waals surface area contributed by atoms with Gasteiger partial charge < -0.3 is 20.0 Å². The number of benzene rings is 2. The standard InChI is InChI=1S/C49H61F2N11O5/c1-31(63)59-25-20-39-37(30-59)47(60-22-11-12-32-26-35(33-28-53-56(2)29-33)36(46(50)51)27-42(32)60)55-62(39)34-18-23-58(24-19-34)44(65)15-8-6-4-5-7-9-21-52-38-13-10-14-40-45(38)57(3)49(67)61(40)41-16-17-43(64)54-48(41)66/h10,13-14,26-29,34,41,46,52H,4-9,11-12,15-25,30H2,1-3H3,(H,54,64,66). The van der Waals surface area contributed by atoms with E-state index in [-0.39, 0.29) is 41.4 Å². The summed E-state index contributed by atoms with van der Waals surface area (Å²) in [5, 5.41) is 15.3. The lowest BCUT2D eigenvalue weighted by molar-refractivity contribution is -0.136. The number of nitrogens with zero attached hydrogens (tertiary/aromatic N) is 9. The van der Waals surface area contributed by atoms with Crippen LogP contribution in [0.25, 0.3) is 22.2 Å². The van der Waals surface area contributed by atoms with Crippen LogP contribution < -0.4 is 21.2 Å². The number of imide groups is 1. The number of hydrogen-bond acceptors (Lipinski definition) is 9. The van der Waals surface area contributed by atoms with Gasteiger partial charge in [-0.1, -0.05) is 31.7 Å². The smallest absolute Gasteiger partial charge is 0.329 e. The third-order valence-electron chi connectivity index (χ3n) is 14.3. The van der Waals surface area contributed by atoms with E-state index in [2.05, 4.69) is 25.3 Å². The Morgan fingerprint density at radius 3 is 2.42 bits per heavy atom. The highest BCUT2D eigenvalue weighted by Crippen LogP contribution is 2.44. The van der Waals surface area contributed by atoms with Gasteiger partial charge in [0.2, 0.25) is 23.6 Å². The normalized spacial score (nSPS) is 17.9. The number of alkyl halides is 2. The van der Waals surface area contributed by atoms with E-state index in [4.69, 9.17) is 5.10 Å². The second kappa shape index (κ2) is 19.5. The Morgan fingerprint density at radius 2 is 1.69 bits per heavy atom. The second-order valence-corrected chi connectivity index (χ2v) is 18.7. The third-order valence-corrected chi connectivity index (χ3v) is 14.3. The average Bonchev–Trinajstić information content (AvgIpc) is 4.00. The van der Waals surface area contributed by atoms with Crippen LogP contribution in [0.15, 0.2) is 47.5 Å². The van der Waals surface area contributed by atoms with Crippen molar-refractivity contribution in [3.05, 3.63) is 75.6 Å². The SMILES string of the molecule is CC(=O)N1CCc2c(c(N3CCCc4cc(-c5cnn(C)c5)c(C(F)F)cc43)nn2C2CCN(C(=O)CCCCCCCCNc3cccc4c3n(C)c(=O)n4C3CCC(=O)NC3=O)CC2)C1. The molecule has 2 fully saturated rings. The molecule has 1 unspecified atom stereocenters. The Hall–Kier alpha value is -6.33. The molecule has 9 rings (SSSR count). The predicted molar refractivity (Wildman–Crippen MR) is 250 cm³/mol. The number of piperidine rings is 2. The molecule has 2 aromatic carbocycles. The molecule has 7 heterocycles. The summed E-state index contributed by atoms with van der Waals surface area (Å²) >= 11 is 0. The third kappa shape index (κ3) is 9.23. The number of hydrogen-bond donors (Lipinski definition) is 2. The van der Waals surface area contributed by atoms with Gasteiger partial charge in [0.25, 0.3) is 6.43 Å². The van der Waals surface area contributed by atoms with E-state index in [1.165, 1.54) is 4.57 Å². The Morgan fingerprint density at radius 1 is 0.910 bits per heavy atom. The number of anilines is 3. The monoisotopic (exact) mass is 921 g/mol. The van der Waals surface area contributed by atoms with Crippen molar-refractivity contribution in [2.45, 2.75) is 122 Å². The number of carbonyl (C=O) groups is 4. The number of rotatable bonds is 15. The van der Waals surface area contributed by atoms with Gasteiger partial charge in [-0.15, -0.1) is 0 Å². The molecule has 0 spiro atoms.